The maximum Gasteiger partial charge on any atom is 0.257 e. The monoisotopic (exact) mass is 414 g/mol. The normalized spacial score (nSPS) is 15.5. The molecule has 156 valence electrons. The van der Waals surface area contributed by atoms with Crippen LogP contribution in [0.5, 0.6) is 0 Å². The fourth-order valence-corrected chi connectivity index (χ4v) is 3.53. The van der Waals surface area contributed by atoms with Crippen LogP contribution in [-0.2, 0) is 16.1 Å². The molecule has 4 rings (SSSR count). The van der Waals surface area contributed by atoms with Crippen LogP contribution in [0, 0.1) is 5.92 Å². The van der Waals surface area contributed by atoms with E-state index in [2.05, 4.69) is 15.6 Å². The van der Waals surface area contributed by atoms with E-state index in [-0.39, 0.29) is 24.1 Å². The van der Waals surface area contributed by atoms with E-state index in [1.807, 2.05) is 30.3 Å². The fraction of sp³-hybridized carbons (Fsp3) is 0.167. The van der Waals surface area contributed by atoms with Gasteiger partial charge in [0.25, 0.3) is 5.91 Å². The van der Waals surface area contributed by atoms with Crippen molar-refractivity contribution in [1.82, 2.24) is 9.88 Å². The zero-order valence-corrected chi connectivity index (χ0v) is 16.8. The van der Waals surface area contributed by atoms with E-state index in [4.69, 9.17) is 0 Å². The summed E-state index contributed by atoms with van der Waals surface area (Å²) >= 11 is 0. The second-order valence-electron chi connectivity index (χ2n) is 7.39. The van der Waals surface area contributed by atoms with Crippen LogP contribution in [0.15, 0.2) is 79.1 Å². The Kier molecular flexibility index (Phi) is 6.03. The Morgan fingerprint density at radius 1 is 0.935 bits per heavy atom. The fourth-order valence-electron chi connectivity index (χ4n) is 3.53. The quantitative estimate of drug-likeness (QED) is 0.647. The second-order valence-corrected chi connectivity index (χ2v) is 7.39. The van der Waals surface area contributed by atoms with Gasteiger partial charge in [0.15, 0.2) is 0 Å². The van der Waals surface area contributed by atoms with E-state index in [0.717, 1.165) is 5.56 Å². The predicted octanol–water partition coefficient (Wildman–Crippen LogP) is 3.32. The summed E-state index contributed by atoms with van der Waals surface area (Å²) in [6, 6.07) is 20.0. The van der Waals surface area contributed by atoms with Crippen LogP contribution < -0.4 is 10.6 Å². The Labute approximate surface area is 180 Å². The molecule has 0 bridgehead atoms. The van der Waals surface area contributed by atoms with Gasteiger partial charge in [-0.2, -0.15) is 0 Å². The third-order valence-electron chi connectivity index (χ3n) is 5.16. The number of benzene rings is 2. The van der Waals surface area contributed by atoms with Crippen molar-refractivity contribution >= 4 is 29.1 Å². The van der Waals surface area contributed by atoms with Crippen LogP contribution in [0.3, 0.4) is 0 Å². The lowest BCUT2D eigenvalue weighted by Gasteiger charge is -2.17. The molecule has 3 aromatic rings. The molecular formula is C24H22N4O3. The first-order valence-corrected chi connectivity index (χ1v) is 10.0. The van der Waals surface area contributed by atoms with Crippen LogP contribution in [0.4, 0.5) is 11.4 Å². The van der Waals surface area contributed by atoms with E-state index in [0.29, 0.717) is 30.0 Å². The molecular weight excluding hydrogens is 392 g/mol. The standard InChI is InChI=1S/C24H22N4O3/c29-22-13-19(16-28(22)15-17-7-2-1-3-8-17)24(31)27-21-11-5-4-10-20(21)26-23(30)18-9-6-12-25-14-18/h1-12,14,19H,13,15-16H2,(H,26,30)(H,27,31). The van der Waals surface area contributed by atoms with Gasteiger partial charge in [0.2, 0.25) is 11.8 Å². The van der Waals surface area contributed by atoms with E-state index in [1.165, 1.54) is 6.20 Å². The number of nitrogens with zero attached hydrogens (tertiary/aromatic N) is 2. The molecule has 0 radical (unpaired) electrons. The van der Waals surface area contributed by atoms with E-state index >= 15 is 0 Å². The summed E-state index contributed by atoms with van der Waals surface area (Å²) in [5.74, 6) is -1.05. The molecule has 1 fully saturated rings. The average molecular weight is 414 g/mol. The number of likely N-dealkylation sites (tertiary alicyclic amines) is 1. The highest BCUT2D eigenvalue weighted by Gasteiger charge is 2.34. The first-order valence-electron chi connectivity index (χ1n) is 10.0. The zero-order valence-electron chi connectivity index (χ0n) is 16.8. The Hall–Kier alpha value is -4.00. The topological polar surface area (TPSA) is 91.4 Å². The number of carbonyl (C=O) groups excluding carboxylic acids is 3. The average Bonchev–Trinajstić information content (AvgIpc) is 3.16. The Balaban J connectivity index is 1.41. The van der Waals surface area contributed by atoms with Gasteiger partial charge in [-0.15, -0.1) is 0 Å². The lowest BCUT2D eigenvalue weighted by Crippen LogP contribution is -2.28. The number of carbonyl (C=O) groups is 3. The van der Waals surface area contributed by atoms with Crippen molar-refractivity contribution in [2.75, 3.05) is 17.2 Å². The van der Waals surface area contributed by atoms with Gasteiger partial charge in [-0.3, -0.25) is 19.4 Å². The van der Waals surface area contributed by atoms with Crippen molar-refractivity contribution in [3.05, 3.63) is 90.3 Å². The van der Waals surface area contributed by atoms with Crippen LogP contribution in [0.2, 0.25) is 0 Å². The van der Waals surface area contributed by atoms with Crippen LogP contribution >= 0.6 is 0 Å². The molecule has 1 unspecified atom stereocenters. The first-order chi connectivity index (χ1) is 15.1. The molecule has 2 aromatic carbocycles. The van der Waals surface area contributed by atoms with Crippen molar-refractivity contribution in [2.24, 2.45) is 5.92 Å². The van der Waals surface area contributed by atoms with Gasteiger partial charge >= 0.3 is 0 Å². The number of aromatic nitrogens is 1. The maximum absolute atomic E-state index is 12.9. The Bertz CT molecular complexity index is 1090. The molecule has 0 aliphatic carbocycles. The van der Waals surface area contributed by atoms with Gasteiger partial charge in [0.05, 0.1) is 22.9 Å². The van der Waals surface area contributed by atoms with E-state index in [1.54, 1.807) is 47.5 Å². The van der Waals surface area contributed by atoms with Crippen molar-refractivity contribution < 1.29 is 14.4 Å². The number of nitrogens with one attached hydrogen (secondary N) is 2. The van der Waals surface area contributed by atoms with Gasteiger partial charge in [0.1, 0.15) is 0 Å². The molecule has 0 saturated carbocycles. The number of rotatable bonds is 6. The minimum Gasteiger partial charge on any atom is -0.338 e. The molecule has 1 aliphatic heterocycles. The third-order valence-corrected chi connectivity index (χ3v) is 5.16. The number of amides is 3. The number of anilines is 2. The Morgan fingerprint density at radius 3 is 2.35 bits per heavy atom. The molecule has 1 saturated heterocycles. The molecule has 1 atom stereocenters. The van der Waals surface area contributed by atoms with E-state index < -0.39 is 5.92 Å². The summed E-state index contributed by atoms with van der Waals surface area (Å²) in [5.41, 5.74) is 2.41. The summed E-state index contributed by atoms with van der Waals surface area (Å²) < 4.78 is 0. The molecule has 0 spiro atoms. The zero-order chi connectivity index (χ0) is 21.6. The summed E-state index contributed by atoms with van der Waals surface area (Å²) in [7, 11) is 0. The summed E-state index contributed by atoms with van der Waals surface area (Å²) in [6.07, 6.45) is 3.24. The van der Waals surface area contributed by atoms with E-state index in [9.17, 15) is 14.4 Å². The highest BCUT2D eigenvalue weighted by Crippen LogP contribution is 2.25. The highest BCUT2D eigenvalue weighted by molar-refractivity contribution is 6.07. The maximum atomic E-state index is 12.9. The van der Waals surface area contributed by atoms with Crippen LogP contribution in [-0.4, -0.2) is 34.2 Å². The lowest BCUT2D eigenvalue weighted by molar-refractivity contribution is -0.128. The number of hydrogen-bond acceptors (Lipinski definition) is 4. The molecule has 31 heavy (non-hydrogen) atoms. The number of hydrogen-bond donors (Lipinski definition) is 2. The van der Waals surface area contributed by atoms with Crippen LogP contribution in [0.25, 0.3) is 0 Å². The minimum absolute atomic E-state index is 0.0397. The van der Waals surface area contributed by atoms with Gasteiger partial charge in [-0.1, -0.05) is 42.5 Å². The largest absolute Gasteiger partial charge is 0.338 e. The minimum atomic E-state index is -0.446. The number of pyridine rings is 1. The van der Waals surface area contributed by atoms with Crippen LogP contribution in [0.1, 0.15) is 22.3 Å². The lowest BCUT2D eigenvalue weighted by atomic mass is 10.1. The molecule has 2 N–H and O–H groups in total. The molecule has 1 aromatic heterocycles. The summed E-state index contributed by atoms with van der Waals surface area (Å²) in [6.45, 7) is 0.852. The van der Waals surface area contributed by atoms with Crippen molar-refractivity contribution in [3.8, 4) is 0 Å². The van der Waals surface area contributed by atoms with Gasteiger partial charge < -0.3 is 15.5 Å². The third kappa shape index (κ3) is 4.95. The first kappa shape index (κ1) is 20.3. The molecule has 3 amide bonds. The van der Waals surface area contributed by atoms with Crippen molar-refractivity contribution in [2.45, 2.75) is 13.0 Å². The molecule has 7 nitrogen and oxygen atoms in total. The SMILES string of the molecule is O=C(Nc1ccccc1NC(=O)C1CC(=O)N(Cc2ccccc2)C1)c1cccnc1. The molecule has 2 heterocycles. The smallest absolute Gasteiger partial charge is 0.257 e. The van der Waals surface area contributed by atoms with Gasteiger partial charge in [-0.25, -0.2) is 0 Å². The Morgan fingerprint density at radius 2 is 1.65 bits per heavy atom. The van der Waals surface area contributed by atoms with Gasteiger partial charge in [0, 0.05) is 31.9 Å². The highest BCUT2D eigenvalue weighted by atomic mass is 16.2. The van der Waals surface area contributed by atoms with Gasteiger partial charge in [-0.05, 0) is 29.8 Å². The van der Waals surface area contributed by atoms with Crippen molar-refractivity contribution in [1.29, 1.82) is 0 Å². The second kappa shape index (κ2) is 9.21. The molecule has 1 aliphatic rings. The summed E-state index contributed by atoms with van der Waals surface area (Å²) in [5, 5.41) is 5.67. The van der Waals surface area contributed by atoms with Crippen molar-refractivity contribution in [3.63, 3.8) is 0 Å². The summed E-state index contributed by atoms with van der Waals surface area (Å²) in [4.78, 5) is 43.4. The number of para-hydroxylation sites is 2. The molecule has 7 heteroatoms. The predicted molar refractivity (Wildman–Crippen MR) is 117 cm³/mol.